The van der Waals surface area contributed by atoms with Gasteiger partial charge in [-0.2, -0.15) is 8.42 Å². The maximum absolute atomic E-state index is 10.8. The highest BCUT2D eigenvalue weighted by Crippen LogP contribution is 2.17. The molecular formula is C8H8N2O3S. The fraction of sp³-hybridized carbons (Fsp3) is 0.125. The Hall–Kier alpha value is -1.40. The van der Waals surface area contributed by atoms with Crippen LogP contribution in [-0.2, 0) is 17.2 Å². The molecule has 74 valence electrons. The highest BCUT2D eigenvalue weighted by atomic mass is 32.2. The Morgan fingerprint density at radius 2 is 2.14 bits per heavy atom. The van der Waals surface area contributed by atoms with E-state index in [1.807, 2.05) is 0 Å². The number of aryl methyl sites for hydroxylation is 1. The van der Waals surface area contributed by atoms with Crippen molar-refractivity contribution in [2.75, 3.05) is 0 Å². The van der Waals surface area contributed by atoms with Gasteiger partial charge in [-0.1, -0.05) is 0 Å². The molecule has 0 saturated carbocycles. The summed E-state index contributed by atoms with van der Waals surface area (Å²) in [6.45, 7) is 0. The minimum Gasteiger partial charge on any atom is -0.334 e. The molecule has 6 heteroatoms. The second-order valence-corrected chi connectivity index (χ2v) is 4.40. The molecule has 0 saturated heterocycles. The second-order valence-electron chi connectivity index (χ2n) is 2.98. The van der Waals surface area contributed by atoms with Gasteiger partial charge in [-0.3, -0.25) is 4.55 Å². The van der Waals surface area contributed by atoms with E-state index in [0.29, 0.717) is 11.0 Å². The zero-order valence-electron chi connectivity index (χ0n) is 7.38. The number of hydrogen-bond acceptors (Lipinski definition) is 3. The predicted octanol–water partition coefficient (Wildman–Crippen LogP) is 0.820. The number of nitrogens with zero attached hydrogens (tertiary/aromatic N) is 2. The topological polar surface area (TPSA) is 72.2 Å². The summed E-state index contributed by atoms with van der Waals surface area (Å²) in [4.78, 5) is 3.91. The minimum atomic E-state index is -4.13. The van der Waals surface area contributed by atoms with Crippen LogP contribution in [-0.4, -0.2) is 22.5 Å². The SMILES string of the molecule is Cn1cnc2ccc(S(=O)(=O)O)cc21. The van der Waals surface area contributed by atoms with Crippen LogP contribution in [0.15, 0.2) is 29.4 Å². The van der Waals surface area contributed by atoms with Gasteiger partial charge in [0.1, 0.15) is 0 Å². The van der Waals surface area contributed by atoms with E-state index < -0.39 is 10.1 Å². The first-order chi connectivity index (χ1) is 6.48. The van der Waals surface area contributed by atoms with E-state index in [2.05, 4.69) is 4.98 Å². The van der Waals surface area contributed by atoms with Crippen LogP contribution in [0.4, 0.5) is 0 Å². The Morgan fingerprint density at radius 1 is 1.43 bits per heavy atom. The van der Waals surface area contributed by atoms with E-state index in [-0.39, 0.29) is 4.90 Å². The first-order valence-corrected chi connectivity index (χ1v) is 5.31. The van der Waals surface area contributed by atoms with E-state index in [1.165, 1.54) is 12.1 Å². The summed E-state index contributed by atoms with van der Waals surface area (Å²) in [7, 11) is -2.38. The fourth-order valence-corrected chi connectivity index (χ4v) is 1.77. The van der Waals surface area contributed by atoms with Crippen LogP contribution in [0.25, 0.3) is 11.0 Å². The van der Waals surface area contributed by atoms with Crippen LogP contribution in [0.2, 0.25) is 0 Å². The smallest absolute Gasteiger partial charge is 0.294 e. The summed E-state index contributed by atoms with van der Waals surface area (Å²) >= 11 is 0. The number of fused-ring (bicyclic) bond motifs is 1. The molecule has 0 aliphatic rings. The summed E-state index contributed by atoms with van der Waals surface area (Å²) in [5, 5.41) is 0. The molecule has 0 fully saturated rings. The van der Waals surface area contributed by atoms with Crippen molar-refractivity contribution in [3.8, 4) is 0 Å². The summed E-state index contributed by atoms with van der Waals surface area (Å²) in [5.74, 6) is 0. The summed E-state index contributed by atoms with van der Waals surface area (Å²) in [5.41, 5.74) is 1.36. The standard InChI is InChI=1S/C8H8N2O3S/c1-10-5-9-7-3-2-6(4-8(7)10)14(11,12)13/h2-5H,1H3,(H,11,12,13). The molecule has 5 nitrogen and oxygen atoms in total. The normalized spacial score (nSPS) is 12.1. The lowest BCUT2D eigenvalue weighted by atomic mass is 10.3. The summed E-state index contributed by atoms with van der Waals surface area (Å²) in [6.07, 6.45) is 1.58. The molecule has 0 unspecified atom stereocenters. The Kier molecular flexibility index (Phi) is 1.83. The molecule has 1 aromatic heterocycles. The molecule has 0 spiro atoms. The number of aromatic nitrogens is 2. The van der Waals surface area contributed by atoms with Gasteiger partial charge in [0, 0.05) is 7.05 Å². The van der Waals surface area contributed by atoms with Gasteiger partial charge in [0.05, 0.1) is 22.3 Å². The van der Waals surface area contributed by atoms with Gasteiger partial charge in [-0.25, -0.2) is 4.98 Å². The predicted molar refractivity (Wildman–Crippen MR) is 50.5 cm³/mol. The lowest BCUT2D eigenvalue weighted by Gasteiger charge is -1.98. The van der Waals surface area contributed by atoms with Gasteiger partial charge >= 0.3 is 0 Å². The molecule has 0 aliphatic heterocycles. The van der Waals surface area contributed by atoms with Gasteiger partial charge in [-0.05, 0) is 18.2 Å². The summed E-state index contributed by atoms with van der Waals surface area (Å²) in [6, 6.07) is 4.26. The monoisotopic (exact) mass is 212 g/mol. The highest BCUT2D eigenvalue weighted by molar-refractivity contribution is 7.85. The molecule has 0 amide bonds. The molecule has 1 aromatic carbocycles. The molecule has 0 radical (unpaired) electrons. The Bertz CT molecular complexity index is 586. The van der Waals surface area contributed by atoms with Gasteiger partial charge in [0.2, 0.25) is 0 Å². The quantitative estimate of drug-likeness (QED) is 0.710. The zero-order chi connectivity index (χ0) is 10.3. The molecule has 0 bridgehead atoms. The van der Waals surface area contributed by atoms with E-state index in [4.69, 9.17) is 4.55 Å². The van der Waals surface area contributed by atoms with Crippen molar-refractivity contribution in [2.24, 2.45) is 7.05 Å². The van der Waals surface area contributed by atoms with E-state index in [0.717, 1.165) is 0 Å². The number of hydrogen-bond donors (Lipinski definition) is 1. The largest absolute Gasteiger partial charge is 0.334 e. The van der Waals surface area contributed by atoms with E-state index in [9.17, 15) is 8.42 Å². The van der Waals surface area contributed by atoms with Crippen LogP contribution in [0.1, 0.15) is 0 Å². The lowest BCUT2D eigenvalue weighted by molar-refractivity contribution is 0.483. The number of imidazole rings is 1. The maximum Gasteiger partial charge on any atom is 0.294 e. The summed E-state index contributed by atoms with van der Waals surface area (Å²) < 4.78 is 32.2. The first-order valence-electron chi connectivity index (χ1n) is 3.87. The van der Waals surface area contributed by atoms with Crippen LogP contribution in [0, 0.1) is 0 Å². The van der Waals surface area contributed by atoms with Crippen molar-refractivity contribution in [2.45, 2.75) is 4.90 Å². The van der Waals surface area contributed by atoms with E-state index in [1.54, 1.807) is 24.0 Å². The average Bonchev–Trinajstić information content (AvgIpc) is 2.46. The van der Waals surface area contributed by atoms with Crippen molar-refractivity contribution in [3.63, 3.8) is 0 Å². The lowest BCUT2D eigenvalue weighted by Crippen LogP contribution is -1.98. The second kappa shape index (κ2) is 2.79. The molecule has 0 atom stereocenters. The van der Waals surface area contributed by atoms with Crippen molar-refractivity contribution in [3.05, 3.63) is 24.5 Å². The first kappa shape index (κ1) is 9.17. The zero-order valence-corrected chi connectivity index (χ0v) is 8.19. The maximum atomic E-state index is 10.8. The Balaban J connectivity index is 2.79. The number of benzene rings is 1. The van der Waals surface area contributed by atoms with Gasteiger partial charge < -0.3 is 4.57 Å². The average molecular weight is 212 g/mol. The van der Waals surface area contributed by atoms with Gasteiger partial charge in [0.25, 0.3) is 10.1 Å². The molecule has 1 N–H and O–H groups in total. The Labute approximate surface area is 80.7 Å². The van der Waals surface area contributed by atoms with Crippen LogP contribution >= 0.6 is 0 Å². The van der Waals surface area contributed by atoms with Crippen molar-refractivity contribution >= 4 is 21.2 Å². The minimum absolute atomic E-state index is 0.117. The number of rotatable bonds is 1. The molecule has 0 aliphatic carbocycles. The molecule has 14 heavy (non-hydrogen) atoms. The van der Waals surface area contributed by atoms with Crippen molar-refractivity contribution < 1.29 is 13.0 Å². The highest BCUT2D eigenvalue weighted by Gasteiger charge is 2.11. The van der Waals surface area contributed by atoms with Crippen LogP contribution in [0.5, 0.6) is 0 Å². The van der Waals surface area contributed by atoms with Crippen LogP contribution < -0.4 is 0 Å². The molecule has 1 heterocycles. The third kappa shape index (κ3) is 1.38. The Morgan fingerprint density at radius 3 is 2.79 bits per heavy atom. The molecule has 2 aromatic rings. The van der Waals surface area contributed by atoms with Crippen molar-refractivity contribution in [1.82, 2.24) is 9.55 Å². The fourth-order valence-electron chi connectivity index (χ4n) is 1.27. The third-order valence-corrected chi connectivity index (χ3v) is 2.84. The molecular weight excluding hydrogens is 204 g/mol. The van der Waals surface area contributed by atoms with Gasteiger partial charge in [0.15, 0.2) is 0 Å². The van der Waals surface area contributed by atoms with Crippen molar-refractivity contribution in [1.29, 1.82) is 0 Å². The van der Waals surface area contributed by atoms with E-state index >= 15 is 0 Å². The third-order valence-electron chi connectivity index (χ3n) is 1.99. The molecule has 2 rings (SSSR count). The van der Waals surface area contributed by atoms with Crippen LogP contribution in [0.3, 0.4) is 0 Å². The van der Waals surface area contributed by atoms with Gasteiger partial charge in [-0.15, -0.1) is 0 Å².